The third-order valence-electron chi connectivity index (χ3n) is 5.66. The monoisotopic (exact) mass is 467 g/mol. The molecule has 0 spiro atoms. The lowest BCUT2D eigenvalue weighted by Gasteiger charge is -2.15. The number of nitrogens with zero attached hydrogens (tertiary/aromatic N) is 4. The van der Waals surface area contributed by atoms with Crippen molar-refractivity contribution < 1.29 is 28.6 Å². The molecule has 1 aromatic heterocycles. The summed E-state index contributed by atoms with van der Waals surface area (Å²) in [4.78, 5) is 19.0. The summed E-state index contributed by atoms with van der Waals surface area (Å²) in [5.41, 5.74) is 5.52. The molecule has 2 atom stereocenters. The van der Waals surface area contributed by atoms with Crippen molar-refractivity contribution in [3.63, 3.8) is 0 Å². The average molecular weight is 467 g/mol. The Balaban J connectivity index is 1.36. The Labute approximate surface area is 194 Å². The number of hydrogen-bond donors (Lipinski definition) is 2. The molecule has 2 N–H and O–H groups in total. The number of rotatable bonds is 7. The Kier molecular flexibility index (Phi) is 5.86. The van der Waals surface area contributed by atoms with Crippen molar-refractivity contribution in [3.05, 3.63) is 66.2 Å². The molecule has 176 valence electrons. The van der Waals surface area contributed by atoms with E-state index in [1.54, 1.807) is 53.5 Å². The number of carbonyl (C=O) groups excluding carboxylic acids is 1. The van der Waals surface area contributed by atoms with Crippen molar-refractivity contribution in [2.45, 2.75) is 18.8 Å². The molecule has 0 saturated carbocycles. The molecular formula is C23H22FN5O5. The summed E-state index contributed by atoms with van der Waals surface area (Å²) in [6, 6.07) is 9.89. The van der Waals surface area contributed by atoms with Gasteiger partial charge >= 0.3 is 6.09 Å². The molecule has 10 nitrogen and oxygen atoms in total. The average Bonchev–Trinajstić information content (AvgIpc) is 3.60. The van der Waals surface area contributed by atoms with E-state index in [0.29, 0.717) is 34.8 Å². The lowest BCUT2D eigenvalue weighted by atomic mass is 10.0. The molecule has 1 unspecified atom stereocenters. The van der Waals surface area contributed by atoms with Gasteiger partial charge in [-0.3, -0.25) is 15.2 Å². The second-order valence-corrected chi connectivity index (χ2v) is 7.84. The van der Waals surface area contributed by atoms with E-state index in [1.165, 1.54) is 18.1 Å². The van der Waals surface area contributed by atoms with E-state index in [4.69, 9.17) is 14.3 Å². The summed E-state index contributed by atoms with van der Waals surface area (Å²) in [7, 11) is 1.52. The van der Waals surface area contributed by atoms with Gasteiger partial charge in [0, 0.05) is 17.3 Å². The summed E-state index contributed by atoms with van der Waals surface area (Å²) in [5.74, 6) is 0.0303. The van der Waals surface area contributed by atoms with Crippen LogP contribution in [0, 0.1) is 5.82 Å². The summed E-state index contributed by atoms with van der Waals surface area (Å²) < 4.78 is 27.6. The van der Waals surface area contributed by atoms with Crippen LogP contribution in [0.5, 0.6) is 5.75 Å². The Morgan fingerprint density at radius 1 is 1.26 bits per heavy atom. The van der Waals surface area contributed by atoms with Gasteiger partial charge in [-0.1, -0.05) is 11.3 Å². The van der Waals surface area contributed by atoms with Crippen LogP contribution in [0.1, 0.15) is 5.56 Å². The molecule has 2 aliphatic heterocycles. The van der Waals surface area contributed by atoms with Gasteiger partial charge in [0.05, 0.1) is 44.4 Å². The molecule has 1 saturated heterocycles. The first-order valence-electron chi connectivity index (χ1n) is 10.6. The highest BCUT2D eigenvalue weighted by atomic mass is 19.1. The Hall–Kier alpha value is -3.96. The quantitative estimate of drug-likeness (QED) is 0.545. The third kappa shape index (κ3) is 4.18. The zero-order valence-electron chi connectivity index (χ0n) is 18.2. The molecule has 1 fully saturated rings. The van der Waals surface area contributed by atoms with E-state index in [0.717, 1.165) is 5.56 Å². The van der Waals surface area contributed by atoms with Crippen molar-refractivity contribution in [1.82, 2.24) is 20.5 Å². The van der Waals surface area contributed by atoms with Gasteiger partial charge in [-0.2, -0.15) is 0 Å². The standard InChI is InChI=1S/C23H22FN5O5/c1-32-22-8-14(2-4-19(22)21-10-16(13-30)34-26-21)18-5-3-15(9-20(18)24)29-12-17(33-23(29)31)11-28-7-6-25-27-28/h2-10,16-17,26,30H,11-13H2,1H3/t16?,17-/m0/s1. The molecule has 5 rings (SSSR count). The van der Waals surface area contributed by atoms with Crippen LogP contribution in [0.3, 0.4) is 0 Å². The predicted octanol–water partition coefficient (Wildman–Crippen LogP) is 2.35. The van der Waals surface area contributed by atoms with Crippen molar-refractivity contribution in [1.29, 1.82) is 0 Å². The number of carbonyl (C=O) groups is 1. The molecule has 0 aliphatic carbocycles. The number of hydroxylamine groups is 1. The van der Waals surface area contributed by atoms with Gasteiger partial charge in [-0.05, 0) is 42.0 Å². The zero-order chi connectivity index (χ0) is 23.7. The van der Waals surface area contributed by atoms with E-state index in [9.17, 15) is 9.90 Å². The van der Waals surface area contributed by atoms with Crippen LogP contribution in [0.4, 0.5) is 14.9 Å². The predicted molar refractivity (Wildman–Crippen MR) is 119 cm³/mol. The normalized spacial score (nSPS) is 19.7. The lowest BCUT2D eigenvalue weighted by Crippen LogP contribution is -2.26. The lowest BCUT2D eigenvalue weighted by molar-refractivity contribution is 0.0172. The van der Waals surface area contributed by atoms with Crippen molar-refractivity contribution >= 4 is 17.5 Å². The van der Waals surface area contributed by atoms with E-state index in [-0.39, 0.29) is 13.2 Å². The number of nitrogens with one attached hydrogen (secondary N) is 1. The van der Waals surface area contributed by atoms with Crippen LogP contribution in [0.25, 0.3) is 16.8 Å². The van der Waals surface area contributed by atoms with Crippen molar-refractivity contribution in [2.75, 3.05) is 25.2 Å². The first-order chi connectivity index (χ1) is 16.6. The number of aliphatic hydroxyl groups excluding tert-OH is 1. The fourth-order valence-electron chi connectivity index (χ4n) is 3.98. The fourth-order valence-corrected chi connectivity index (χ4v) is 3.98. The third-order valence-corrected chi connectivity index (χ3v) is 5.66. The Morgan fingerprint density at radius 3 is 2.82 bits per heavy atom. The van der Waals surface area contributed by atoms with E-state index < -0.39 is 24.1 Å². The summed E-state index contributed by atoms with van der Waals surface area (Å²) in [6.07, 6.45) is 3.58. The van der Waals surface area contributed by atoms with E-state index in [1.807, 2.05) is 0 Å². The number of aliphatic hydroxyl groups is 1. The molecule has 3 aromatic rings. The minimum Gasteiger partial charge on any atom is -0.496 e. The number of aromatic nitrogens is 3. The Bertz CT molecular complexity index is 1230. The molecule has 11 heteroatoms. The highest BCUT2D eigenvalue weighted by Gasteiger charge is 2.33. The maximum absolute atomic E-state index is 15.1. The number of methoxy groups -OCH3 is 1. The first kappa shape index (κ1) is 21.9. The number of benzene rings is 2. The summed E-state index contributed by atoms with van der Waals surface area (Å²) in [5, 5.41) is 16.9. The number of ether oxygens (including phenoxy) is 2. The smallest absolute Gasteiger partial charge is 0.414 e. The number of cyclic esters (lactones) is 1. The maximum atomic E-state index is 15.1. The number of hydrogen-bond acceptors (Lipinski definition) is 8. The summed E-state index contributed by atoms with van der Waals surface area (Å²) in [6.45, 7) is 0.490. The second-order valence-electron chi connectivity index (χ2n) is 7.84. The number of anilines is 1. The Morgan fingerprint density at radius 2 is 2.12 bits per heavy atom. The van der Waals surface area contributed by atoms with Gasteiger partial charge in [-0.25, -0.2) is 13.9 Å². The van der Waals surface area contributed by atoms with Crippen LogP contribution < -0.4 is 15.1 Å². The van der Waals surface area contributed by atoms with E-state index >= 15 is 4.39 Å². The minimum absolute atomic E-state index is 0.153. The van der Waals surface area contributed by atoms with Gasteiger partial charge in [0.25, 0.3) is 0 Å². The van der Waals surface area contributed by atoms with Gasteiger partial charge in [0.15, 0.2) is 0 Å². The van der Waals surface area contributed by atoms with Crippen LogP contribution in [-0.4, -0.2) is 58.7 Å². The van der Waals surface area contributed by atoms with Crippen LogP contribution in [-0.2, 0) is 16.1 Å². The van der Waals surface area contributed by atoms with Gasteiger partial charge in [0.2, 0.25) is 0 Å². The highest BCUT2D eigenvalue weighted by Crippen LogP contribution is 2.35. The topological polar surface area (TPSA) is 111 Å². The van der Waals surface area contributed by atoms with Gasteiger partial charge < -0.3 is 14.6 Å². The highest BCUT2D eigenvalue weighted by molar-refractivity contribution is 5.90. The maximum Gasteiger partial charge on any atom is 0.414 e. The fraction of sp³-hybridized carbons (Fsp3) is 0.261. The van der Waals surface area contributed by atoms with Crippen LogP contribution in [0.15, 0.2) is 54.9 Å². The van der Waals surface area contributed by atoms with Gasteiger partial charge in [0.1, 0.15) is 23.8 Å². The number of amides is 1. The van der Waals surface area contributed by atoms with Crippen LogP contribution >= 0.6 is 0 Å². The molecule has 2 aromatic carbocycles. The molecule has 2 aliphatic rings. The second kappa shape index (κ2) is 9.12. The summed E-state index contributed by atoms with van der Waals surface area (Å²) >= 11 is 0. The molecule has 0 radical (unpaired) electrons. The minimum atomic E-state index is -0.538. The molecule has 34 heavy (non-hydrogen) atoms. The molecule has 0 bridgehead atoms. The van der Waals surface area contributed by atoms with E-state index in [2.05, 4.69) is 15.8 Å². The van der Waals surface area contributed by atoms with Crippen molar-refractivity contribution in [2.24, 2.45) is 0 Å². The largest absolute Gasteiger partial charge is 0.496 e. The number of halogens is 1. The van der Waals surface area contributed by atoms with Crippen molar-refractivity contribution in [3.8, 4) is 16.9 Å². The zero-order valence-corrected chi connectivity index (χ0v) is 18.2. The molecule has 1 amide bonds. The van der Waals surface area contributed by atoms with Gasteiger partial charge in [-0.15, -0.1) is 5.10 Å². The SMILES string of the molecule is COc1cc(-c2ccc(N3C[C@H](Cn4ccnn4)OC3=O)cc2F)ccc1C1=CC(CO)ON1. The molecular weight excluding hydrogens is 445 g/mol. The molecule has 3 heterocycles. The first-order valence-corrected chi connectivity index (χ1v) is 10.6. The van der Waals surface area contributed by atoms with Crippen LogP contribution in [0.2, 0.25) is 0 Å².